The molecule has 0 saturated heterocycles. The molecule has 0 spiro atoms. The standard InChI is InChI=1S/C24H36N2O/c1-15-4-6-17-16(14-15)5-7-19-18(17)10-11-24(2)20(19)8-9-21(24)22(27)23-25-12-13-26(23)3/h12-13,15-21H,4-11,14H2,1-3H3/t15-,16+,17-,18+,19+,20-,21+,24-/m0/s1. The summed E-state index contributed by atoms with van der Waals surface area (Å²) in [4.78, 5) is 17.7. The Hall–Kier alpha value is -1.12. The van der Waals surface area contributed by atoms with Gasteiger partial charge in [-0.1, -0.05) is 20.3 Å². The lowest BCUT2D eigenvalue weighted by molar-refractivity contribution is -0.0635. The minimum atomic E-state index is 0.189. The lowest BCUT2D eigenvalue weighted by Gasteiger charge is -2.56. The van der Waals surface area contributed by atoms with Crippen molar-refractivity contribution in [2.75, 3.05) is 0 Å². The Kier molecular flexibility index (Phi) is 4.29. The highest BCUT2D eigenvalue weighted by atomic mass is 16.1. The first-order chi connectivity index (χ1) is 13.0. The normalized spacial score (nSPS) is 46.4. The molecule has 4 aliphatic rings. The molecular formula is C24H36N2O. The highest BCUT2D eigenvalue weighted by molar-refractivity contribution is 5.95. The van der Waals surface area contributed by atoms with E-state index in [1.807, 2.05) is 17.8 Å². The molecular weight excluding hydrogens is 332 g/mol. The third-order valence-electron chi connectivity index (χ3n) is 9.57. The number of carbonyl (C=O) groups is 1. The van der Waals surface area contributed by atoms with Crippen LogP contribution in [0.2, 0.25) is 0 Å². The molecule has 5 rings (SSSR count). The topological polar surface area (TPSA) is 34.9 Å². The Labute approximate surface area is 164 Å². The summed E-state index contributed by atoms with van der Waals surface area (Å²) in [5, 5.41) is 0. The van der Waals surface area contributed by atoms with Gasteiger partial charge in [-0.3, -0.25) is 4.79 Å². The van der Waals surface area contributed by atoms with Gasteiger partial charge in [-0.15, -0.1) is 0 Å². The van der Waals surface area contributed by atoms with Crippen LogP contribution in [-0.4, -0.2) is 15.3 Å². The van der Waals surface area contributed by atoms with Gasteiger partial charge in [0, 0.05) is 25.4 Å². The average molecular weight is 369 g/mol. The number of hydrogen-bond acceptors (Lipinski definition) is 2. The monoisotopic (exact) mass is 368 g/mol. The third kappa shape index (κ3) is 2.67. The molecule has 0 bridgehead atoms. The van der Waals surface area contributed by atoms with Gasteiger partial charge in [-0.25, -0.2) is 4.98 Å². The van der Waals surface area contributed by atoms with Crippen LogP contribution in [0.25, 0.3) is 0 Å². The molecule has 27 heavy (non-hydrogen) atoms. The maximum atomic E-state index is 13.3. The summed E-state index contributed by atoms with van der Waals surface area (Å²) in [6, 6.07) is 0. The number of imidazole rings is 1. The molecule has 0 amide bonds. The lowest BCUT2D eigenvalue weighted by atomic mass is 9.49. The van der Waals surface area contributed by atoms with Crippen molar-refractivity contribution in [1.82, 2.24) is 9.55 Å². The molecule has 148 valence electrons. The third-order valence-corrected chi connectivity index (χ3v) is 9.57. The van der Waals surface area contributed by atoms with Gasteiger partial charge in [0.15, 0.2) is 5.82 Å². The fraction of sp³-hybridized carbons (Fsp3) is 0.833. The van der Waals surface area contributed by atoms with Crippen molar-refractivity contribution in [2.24, 2.45) is 53.9 Å². The molecule has 1 aromatic heterocycles. The van der Waals surface area contributed by atoms with Crippen LogP contribution in [0.1, 0.15) is 82.3 Å². The summed E-state index contributed by atoms with van der Waals surface area (Å²) in [6.07, 6.45) is 16.0. The van der Waals surface area contributed by atoms with E-state index in [1.165, 1.54) is 51.4 Å². The molecule has 3 nitrogen and oxygen atoms in total. The molecule has 0 aliphatic heterocycles. The van der Waals surface area contributed by atoms with Crippen LogP contribution in [-0.2, 0) is 7.05 Å². The second-order valence-corrected chi connectivity index (χ2v) is 10.8. The molecule has 0 radical (unpaired) electrons. The zero-order chi connectivity index (χ0) is 18.8. The lowest BCUT2D eigenvalue weighted by Crippen LogP contribution is -2.49. The molecule has 1 heterocycles. The van der Waals surface area contributed by atoms with Crippen molar-refractivity contribution in [3.05, 3.63) is 18.2 Å². The Morgan fingerprint density at radius 2 is 1.89 bits per heavy atom. The summed E-state index contributed by atoms with van der Waals surface area (Å²) in [5.74, 6) is 6.73. The maximum absolute atomic E-state index is 13.3. The van der Waals surface area contributed by atoms with Gasteiger partial charge in [0.25, 0.3) is 0 Å². The molecule has 4 fully saturated rings. The summed E-state index contributed by atoms with van der Waals surface area (Å²) in [5.41, 5.74) is 0.207. The van der Waals surface area contributed by atoms with E-state index < -0.39 is 0 Å². The fourth-order valence-corrected chi connectivity index (χ4v) is 8.28. The molecule has 3 heteroatoms. The number of Topliss-reactive ketones (excluding diaryl/α,β-unsaturated/α-hetero) is 1. The molecule has 4 saturated carbocycles. The Bertz CT molecular complexity index is 724. The molecule has 8 atom stereocenters. The molecule has 0 unspecified atom stereocenters. The van der Waals surface area contributed by atoms with E-state index in [4.69, 9.17) is 0 Å². The van der Waals surface area contributed by atoms with Gasteiger partial charge in [-0.2, -0.15) is 0 Å². The summed E-state index contributed by atoms with van der Waals surface area (Å²) in [7, 11) is 1.96. The maximum Gasteiger partial charge on any atom is 0.201 e. The summed E-state index contributed by atoms with van der Waals surface area (Å²) >= 11 is 0. The van der Waals surface area contributed by atoms with Gasteiger partial charge in [0.2, 0.25) is 5.78 Å². The Morgan fingerprint density at radius 1 is 1.07 bits per heavy atom. The second kappa shape index (κ2) is 6.46. The summed E-state index contributed by atoms with van der Waals surface area (Å²) < 4.78 is 1.92. The van der Waals surface area contributed by atoms with E-state index in [0.717, 1.165) is 41.9 Å². The van der Waals surface area contributed by atoms with Gasteiger partial charge in [-0.05, 0) is 92.3 Å². The molecule has 0 N–H and O–H groups in total. The van der Waals surface area contributed by atoms with Crippen molar-refractivity contribution in [3.63, 3.8) is 0 Å². The average Bonchev–Trinajstić information content (AvgIpc) is 3.23. The number of rotatable bonds is 2. The Balaban J connectivity index is 1.38. The van der Waals surface area contributed by atoms with Crippen molar-refractivity contribution in [3.8, 4) is 0 Å². The number of aromatic nitrogens is 2. The minimum absolute atomic E-state index is 0.189. The van der Waals surface area contributed by atoms with E-state index >= 15 is 0 Å². The smallest absolute Gasteiger partial charge is 0.201 e. The van der Waals surface area contributed by atoms with Crippen molar-refractivity contribution in [1.29, 1.82) is 0 Å². The van der Waals surface area contributed by atoms with Crippen molar-refractivity contribution in [2.45, 2.75) is 71.6 Å². The SMILES string of the molecule is C[C@H]1CC[C@H]2[C@H](CC[C@@H]3[C@@H]2CC[C@]2(C)[C@@H](C(=O)c4nccn4C)CC[C@@H]32)C1. The number of ketones is 1. The van der Waals surface area contributed by atoms with Crippen LogP contribution in [0.15, 0.2) is 12.4 Å². The quantitative estimate of drug-likeness (QED) is 0.645. The fourth-order valence-electron chi connectivity index (χ4n) is 8.28. The van der Waals surface area contributed by atoms with Crippen LogP contribution in [0.5, 0.6) is 0 Å². The highest BCUT2D eigenvalue weighted by Crippen LogP contribution is 2.64. The Morgan fingerprint density at radius 3 is 2.67 bits per heavy atom. The van der Waals surface area contributed by atoms with Crippen LogP contribution >= 0.6 is 0 Å². The number of fused-ring (bicyclic) bond motifs is 5. The zero-order valence-electron chi connectivity index (χ0n) is 17.4. The number of carbonyl (C=O) groups excluding carboxylic acids is 1. The van der Waals surface area contributed by atoms with E-state index in [0.29, 0.717) is 11.6 Å². The second-order valence-electron chi connectivity index (χ2n) is 10.8. The van der Waals surface area contributed by atoms with Crippen LogP contribution in [0.4, 0.5) is 0 Å². The van der Waals surface area contributed by atoms with Gasteiger partial charge in [0.05, 0.1) is 0 Å². The van der Waals surface area contributed by atoms with Gasteiger partial charge < -0.3 is 4.57 Å². The number of aryl methyl sites for hydroxylation is 1. The van der Waals surface area contributed by atoms with E-state index in [-0.39, 0.29) is 11.3 Å². The molecule has 4 aliphatic carbocycles. The largest absolute Gasteiger partial charge is 0.332 e. The first-order valence-corrected chi connectivity index (χ1v) is 11.5. The van der Waals surface area contributed by atoms with Crippen LogP contribution in [0.3, 0.4) is 0 Å². The number of hydrogen-bond donors (Lipinski definition) is 0. The van der Waals surface area contributed by atoms with Crippen molar-refractivity contribution >= 4 is 5.78 Å². The van der Waals surface area contributed by atoms with E-state index in [1.54, 1.807) is 6.20 Å². The molecule has 0 aromatic carbocycles. The predicted octanol–water partition coefficient (Wildman–Crippen LogP) is 5.51. The van der Waals surface area contributed by atoms with Crippen molar-refractivity contribution < 1.29 is 4.79 Å². The highest BCUT2D eigenvalue weighted by Gasteiger charge is 2.58. The van der Waals surface area contributed by atoms with Gasteiger partial charge >= 0.3 is 0 Å². The van der Waals surface area contributed by atoms with Crippen LogP contribution in [0, 0.1) is 46.8 Å². The van der Waals surface area contributed by atoms with E-state index in [9.17, 15) is 4.79 Å². The predicted molar refractivity (Wildman–Crippen MR) is 107 cm³/mol. The first kappa shape index (κ1) is 17.9. The first-order valence-electron chi connectivity index (χ1n) is 11.5. The number of nitrogens with zero attached hydrogens (tertiary/aromatic N) is 2. The molecule has 1 aromatic rings. The van der Waals surface area contributed by atoms with E-state index in [2.05, 4.69) is 18.8 Å². The van der Waals surface area contributed by atoms with Gasteiger partial charge in [0.1, 0.15) is 0 Å². The minimum Gasteiger partial charge on any atom is -0.332 e. The summed E-state index contributed by atoms with van der Waals surface area (Å²) in [6.45, 7) is 4.92. The van der Waals surface area contributed by atoms with Crippen LogP contribution < -0.4 is 0 Å². The zero-order valence-corrected chi connectivity index (χ0v) is 17.4.